The number of benzene rings is 1. The Labute approximate surface area is 135 Å². The van der Waals surface area contributed by atoms with Crippen LogP contribution in [0.5, 0.6) is 5.75 Å². The Balaban J connectivity index is 1.62. The van der Waals surface area contributed by atoms with Crippen molar-refractivity contribution in [3.63, 3.8) is 0 Å². The van der Waals surface area contributed by atoms with Gasteiger partial charge in [0.1, 0.15) is 5.75 Å². The van der Waals surface area contributed by atoms with Crippen molar-refractivity contribution in [1.29, 1.82) is 0 Å². The molecular weight excluding hydrogens is 294 g/mol. The van der Waals surface area contributed by atoms with Gasteiger partial charge >= 0.3 is 0 Å². The number of aryl methyl sites for hydroxylation is 1. The van der Waals surface area contributed by atoms with Crippen molar-refractivity contribution in [2.45, 2.75) is 32.1 Å². The maximum Gasteiger partial charge on any atom is 0.227 e. The van der Waals surface area contributed by atoms with Crippen molar-refractivity contribution in [2.75, 3.05) is 20.2 Å². The Morgan fingerprint density at radius 3 is 2.83 bits per heavy atom. The summed E-state index contributed by atoms with van der Waals surface area (Å²) < 4.78 is 10.6. The Hall–Kier alpha value is -2.37. The van der Waals surface area contributed by atoms with E-state index in [1.807, 2.05) is 29.2 Å². The fourth-order valence-corrected chi connectivity index (χ4v) is 2.81. The normalized spacial score (nSPS) is 14.7. The molecule has 0 aliphatic carbocycles. The van der Waals surface area contributed by atoms with E-state index in [1.165, 1.54) is 6.42 Å². The average Bonchev–Trinajstić information content (AvgIpc) is 3.09. The van der Waals surface area contributed by atoms with E-state index < -0.39 is 0 Å². The summed E-state index contributed by atoms with van der Waals surface area (Å²) in [5.41, 5.74) is 0.785. The molecule has 6 heteroatoms. The van der Waals surface area contributed by atoms with E-state index in [0.29, 0.717) is 30.3 Å². The molecule has 1 amide bonds. The predicted octanol–water partition coefficient (Wildman–Crippen LogP) is 2.69. The van der Waals surface area contributed by atoms with Gasteiger partial charge in [-0.3, -0.25) is 4.79 Å². The van der Waals surface area contributed by atoms with Gasteiger partial charge in [0, 0.05) is 25.9 Å². The third-order valence-electron chi connectivity index (χ3n) is 4.08. The van der Waals surface area contributed by atoms with Gasteiger partial charge < -0.3 is 14.2 Å². The Morgan fingerprint density at radius 2 is 2.04 bits per heavy atom. The molecule has 122 valence electrons. The Morgan fingerprint density at radius 1 is 1.26 bits per heavy atom. The number of nitrogens with zero attached hydrogens (tertiary/aromatic N) is 3. The van der Waals surface area contributed by atoms with Crippen LogP contribution in [0.25, 0.3) is 11.4 Å². The van der Waals surface area contributed by atoms with E-state index >= 15 is 0 Å². The molecule has 1 aromatic carbocycles. The molecule has 0 unspecified atom stereocenters. The Bertz CT molecular complexity index is 663. The predicted molar refractivity (Wildman–Crippen MR) is 85.0 cm³/mol. The third kappa shape index (κ3) is 3.70. The summed E-state index contributed by atoms with van der Waals surface area (Å²) in [6, 6.07) is 7.52. The van der Waals surface area contributed by atoms with Crippen LogP contribution in [0.3, 0.4) is 0 Å². The fourth-order valence-electron chi connectivity index (χ4n) is 2.81. The number of piperidine rings is 1. The molecule has 6 nitrogen and oxygen atoms in total. The molecule has 0 saturated carbocycles. The number of methoxy groups -OCH3 is 1. The number of amides is 1. The SMILES string of the molecule is COc1ccccc1-c1noc(CCC(=O)N2CCCCC2)n1. The highest BCUT2D eigenvalue weighted by Gasteiger charge is 2.18. The van der Waals surface area contributed by atoms with Gasteiger partial charge in [-0.25, -0.2) is 0 Å². The second-order valence-electron chi connectivity index (χ2n) is 5.65. The third-order valence-corrected chi connectivity index (χ3v) is 4.08. The van der Waals surface area contributed by atoms with Crippen molar-refractivity contribution in [3.8, 4) is 17.1 Å². The van der Waals surface area contributed by atoms with Crippen LogP contribution in [-0.4, -0.2) is 41.1 Å². The highest BCUT2D eigenvalue weighted by molar-refractivity contribution is 5.76. The van der Waals surface area contributed by atoms with E-state index in [0.717, 1.165) is 31.5 Å². The lowest BCUT2D eigenvalue weighted by molar-refractivity contribution is -0.132. The molecule has 1 aliphatic rings. The van der Waals surface area contributed by atoms with Crippen LogP contribution in [-0.2, 0) is 11.2 Å². The highest BCUT2D eigenvalue weighted by Crippen LogP contribution is 2.27. The molecule has 1 saturated heterocycles. The van der Waals surface area contributed by atoms with Gasteiger partial charge in [0.2, 0.25) is 17.6 Å². The van der Waals surface area contributed by atoms with Gasteiger partial charge in [0.25, 0.3) is 0 Å². The van der Waals surface area contributed by atoms with E-state index in [-0.39, 0.29) is 5.91 Å². The molecule has 2 aromatic rings. The fraction of sp³-hybridized carbons (Fsp3) is 0.471. The molecule has 0 spiro atoms. The summed E-state index contributed by atoms with van der Waals surface area (Å²) in [6.07, 6.45) is 4.30. The molecule has 1 fully saturated rings. The van der Waals surface area contributed by atoms with Gasteiger partial charge in [-0.1, -0.05) is 17.3 Å². The summed E-state index contributed by atoms with van der Waals surface area (Å²) in [7, 11) is 1.61. The quantitative estimate of drug-likeness (QED) is 0.848. The lowest BCUT2D eigenvalue weighted by Gasteiger charge is -2.26. The lowest BCUT2D eigenvalue weighted by Crippen LogP contribution is -2.35. The van der Waals surface area contributed by atoms with Crippen molar-refractivity contribution in [1.82, 2.24) is 15.0 Å². The lowest BCUT2D eigenvalue weighted by atomic mass is 10.1. The number of ether oxygens (including phenoxy) is 1. The first kappa shape index (κ1) is 15.5. The summed E-state index contributed by atoms with van der Waals surface area (Å²) in [6.45, 7) is 1.74. The molecule has 0 N–H and O–H groups in total. The van der Waals surface area contributed by atoms with Crippen LogP contribution in [0, 0.1) is 0 Å². The van der Waals surface area contributed by atoms with Crippen molar-refractivity contribution in [3.05, 3.63) is 30.2 Å². The number of carbonyl (C=O) groups is 1. The maximum absolute atomic E-state index is 12.2. The minimum atomic E-state index is 0.168. The first-order valence-corrected chi connectivity index (χ1v) is 8.01. The van der Waals surface area contributed by atoms with Crippen LogP contribution in [0.4, 0.5) is 0 Å². The van der Waals surface area contributed by atoms with Crippen LogP contribution >= 0.6 is 0 Å². The average molecular weight is 315 g/mol. The van der Waals surface area contributed by atoms with Crippen molar-refractivity contribution < 1.29 is 14.1 Å². The number of hydrogen-bond donors (Lipinski definition) is 0. The molecule has 0 atom stereocenters. The maximum atomic E-state index is 12.2. The van der Waals surface area contributed by atoms with Crippen molar-refractivity contribution in [2.24, 2.45) is 0 Å². The topological polar surface area (TPSA) is 68.5 Å². The van der Waals surface area contributed by atoms with E-state index in [4.69, 9.17) is 9.26 Å². The number of likely N-dealkylation sites (tertiary alicyclic amines) is 1. The molecule has 23 heavy (non-hydrogen) atoms. The molecule has 3 rings (SSSR count). The molecule has 2 heterocycles. The second-order valence-corrected chi connectivity index (χ2v) is 5.65. The highest BCUT2D eigenvalue weighted by atomic mass is 16.5. The first-order valence-electron chi connectivity index (χ1n) is 8.01. The molecule has 1 aromatic heterocycles. The summed E-state index contributed by atoms with van der Waals surface area (Å²) >= 11 is 0. The largest absolute Gasteiger partial charge is 0.496 e. The number of para-hydroxylation sites is 1. The summed E-state index contributed by atoms with van der Waals surface area (Å²) in [5.74, 6) is 1.84. The second kappa shape index (κ2) is 7.26. The zero-order valence-electron chi connectivity index (χ0n) is 13.3. The molecule has 1 aliphatic heterocycles. The smallest absolute Gasteiger partial charge is 0.227 e. The number of aromatic nitrogens is 2. The molecule has 0 bridgehead atoms. The van der Waals surface area contributed by atoms with Gasteiger partial charge in [-0.05, 0) is 31.4 Å². The zero-order valence-corrected chi connectivity index (χ0v) is 13.3. The monoisotopic (exact) mass is 315 g/mol. The zero-order chi connectivity index (χ0) is 16.1. The Kier molecular flexibility index (Phi) is 4.90. The summed E-state index contributed by atoms with van der Waals surface area (Å²) in [5, 5.41) is 3.99. The number of carbonyl (C=O) groups excluding carboxylic acids is 1. The van der Waals surface area contributed by atoms with Gasteiger partial charge in [0.05, 0.1) is 12.7 Å². The van der Waals surface area contributed by atoms with Gasteiger partial charge in [-0.15, -0.1) is 0 Å². The molecule has 0 radical (unpaired) electrons. The van der Waals surface area contributed by atoms with Gasteiger partial charge in [0.15, 0.2) is 0 Å². The first-order chi connectivity index (χ1) is 11.3. The minimum Gasteiger partial charge on any atom is -0.496 e. The van der Waals surface area contributed by atoms with E-state index in [2.05, 4.69) is 10.1 Å². The van der Waals surface area contributed by atoms with Crippen molar-refractivity contribution >= 4 is 5.91 Å². The van der Waals surface area contributed by atoms with Gasteiger partial charge in [-0.2, -0.15) is 4.98 Å². The van der Waals surface area contributed by atoms with E-state index in [9.17, 15) is 4.79 Å². The number of hydrogen-bond acceptors (Lipinski definition) is 5. The van der Waals surface area contributed by atoms with Crippen LogP contribution < -0.4 is 4.74 Å². The van der Waals surface area contributed by atoms with Crippen LogP contribution in [0.15, 0.2) is 28.8 Å². The van der Waals surface area contributed by atoms with E-state index in [1.54, 1.807) is 7.11 Å². The van der Waals surface area contributed by atoms with Crippen LogP contribution in [0.2, 0.25) is 0 Å². The summed E-state index contributed by atoms with van der Waals surface area (Å²) in [4.78, 5) is 18.5. The molecular formula is C17H21N3O3. The number of rotatable bonds is 5. The minimum absolute atomic E-state index is 0.168. The standard InChI is InChI=1S/C17H21N3O3/c1-22-14-8-4-3-7-13(14)17-18-15(23-19-17)9-10-16(21)20-11-5-2-6-12-20/h3-4,7-8H,2,5-6,9-12H2,1H3. The van der Waals surface area contributed by atoms with Crippen LogP contribution in [0.1, 0.15) is 31.6 Å².